The lowest BCUT2D eigenvalue weighted by Gasteiger charge is -1.97. The number of hydrogen-bond donors (Lipinski definition) is 1. The van der Waals surface area contributed by atoms with Gasteiger partial charge in [-0.2, -0.15) is 0 Å². The van der Waals surface area contributed by atoms with E-state index in [9.17, 15) is 0 Å². The van der Waals surface area contributed by atoms with Crippen LogP contribution >= 0.6 is 0 Å². The lowest BCUT2D eigenvalue weighted by atomic mass is 10.4. The van der Waals surface area contributed by atoms with E-state index >= 15 is 0 Å². The normalized spacial score (nSPS) is 11.2. The zero-order valence-corrected chi connectivity index (χ0v) is 6.77. The molecule has 2 N–H and O–H groups in total. The van der Waals surface area contributed by atoms with Crippen LogP contribution in [0, 0.1) is 0 Å². The molecule has 0 aliphatic carbocycles. The summed E-state index contributed by atoms with van der Waals surface area (Å²) in [7, 11) is 0. The van der Waals surface area contributed by atoms with E-state index in [2.05, 4.69) is 15.1 Å². The van der Waals surface area contributed by atoms with Crippen LogP contribution in [0.25, 0.3) is 0 Å². The van der Waals surface area contributed by atoms with Gasteiger partial charge in [0.15, 0.2) is 5.84 Å². The maximum absolute atomic E-state index is 5.50. The number of nitrogens with two attached hydrogens (primary N) is 1. The average molecular weight is 166 g/mol. The highest BCUT2D eigenvalue weighted by molar-refractivity contribution is 5.94. The van der Waals surface area contributed by atoms with Crippen LogP contribution in [0.3, 0.4) is 0 Å². The summed E-state index contributed by atoms with van der Waals surface area (Å²) in [5.41, 5.74) is 6.02. The lowest BCUT2D eigenvalue weighted by molar-refractivity contribution is 0.158. The molecule has 12 heavy (non-hydrogen) atoms. The zero-order valence-electron chi connectivity index (χ0n) is 6.77. The smallest absolute Gasteiger partial charge is 0.190 e. The Labute approximate surface area is 70.3 Å². The molecule has 0 saturated carbocycles. The summed E-state index contributed by atoms with van der Waals surface area (Å²) in [4.78, 5) is 12.5. The van der Waals surface area contributed by atoms with Gasteiger partial charge in [-0.25, -0.2) is 4.98 Å². The van der Waals surface area contributed by atoms with Gasteiger partial charge in [0.2, 0.25) is 0 Å². The Hall–Kier alpha value is -1.65. The molecular formula is C7H10N4O. The fraction of sp³-hybridized carbons (Fsp3) is 0.286. The SMILES string of the molecule is CCO/N=C(/N)c1cnccn1. The van der Waals surface area contributed by atoms with Gasteiger partial charge in [-0.3, -0.25) is 4.98 Å². The maximum Gasteiger partial charge on any atom is 0.190 e. The second-order valence-corrected chi connectivity index (χ2v) is 1.98. The Balaban J connectivity index is 2.71. The zero-order chi connectivity index (χ0) is 8.81. The minimum Gasteiger partial charge on any atom is -0.394 e. The Morgan fingerprint density at radius 3 is 3.08 bits per heavy atom. The first-order valence-corrected chi connectivity index (χ1v) is 3.56. The summed E-state index contributed by atoms with van der Waals surface area (Å²) in [5.74, 6) is 0.241. The van der Waals surface area contributed by atoms with Gasteiger partial charge in [0, 0.05) is 12.4 Å². The summed E-state index contributed by atoms with van der Waals surface area (Å²) in [6, 6.07) is 0. The molecule has 1 aromatic rings. The van der Waals surface area contributed by atoms with Crippen LogP contribution in [0.4, 0.5) is 0 Å². The van der Waals surface area contributed by atoms with Gasteiger partial charge in [-0.15, -0.1) is 0 Å². The summed E-state index contributed by atoms with van der Waals surface area (Å²) >= 11 is 0. The van der Waals surface area contributed by atoms with E-state index in [1.807, 2.05) is 6.92 Å². The van der Waals surface area contributed by atoms with Crippen molar-refractivity contribution in [2.24, 2.45) is 10.9 Å². The van der Waals surface area contributed by atoms with E-state index in [0.717, 1.165) is 0 Å². The number of rotatable bonds is 3. The van der Waals surface area contributed by atoms with Crippen molar-refractivity contribution in [2.75, 3.05) is 6.61 Å². The Kier molecular flexibility index (Phi) is 3.01. The molecular weight excluding hydrogens is 156 g/mol. The number of aromatic nitrogens is 2. The second kappa shape index (κ2) is 4.27. The highest BCUT2D eigenvalue weighted by Gasteiger charge is 1.98. The molecule has 0 atom stereocenters. The molecule has 1 aromatic heterocycles. The minimum absolute atomic E-state index is 0.241. The van der Waals surface area contributed by atoms with Gasteiger partial charge in [-0.05, 0) is 6.92 Å². The first-order valence-electron chi connectivity index (χ1n) is 3.56. The molecule has 5 heteroatoms. The number of nitrogens with zero attached hydrogens (tertiary/aromatic N) is 3. The highest BCUT2D eigenvalue weighted by atomic mass is 16.6. The Morgan fingerprint density at radius 1 is 1.67 bits per heavy atom. The molecule has 0 radical (unpaired) electrons. The molecule has 0 fully saturated rings. The average Bonchev–Trinajstić information content (AvgIpc) is 2.15. The van der Waals surface area contributed by atoms with Gasteiger partial charge in [0.1, 0.15) is 12.3 Å². The summed E-state index contributed by atoms with van der Waals surface area (Å²) in [6.07, 6.45) is 4.64. The van der Waals surface area contributed by atoms with E-state index in [0.29, 0.717) is 12.3 Å². The molecule has 5 nitrogen and oxygen atoms in total. The molecule has 0 saturated heterocycles. The predicted molar refractivity (Wildman–Crippen MR) is 44.4 cm³/mol. The number of hydrogen-bond acceptors (Lipinski definition) is 4. The summed E-state index contributed by atoms with van der Waals surface area (Å²) in [6.45, 7) is 2.31. The van der Waals surface area contributed by atoms with Crippen molar-refractivity contribution in [1.82, 2.24) is 9.97 Å². The maximum atomic E-state index is 5.50. The summed E-state index contributed by atoms with van der Waals surface area (Å²) < 4.78 is 0. The van der Waals surface area contributed by atoms with Gasteiger partial charge >= 0.3 is 0 Å². The lowest BCUT2D eigenvalue weighted by Crippen LogP contribution is -2.15. The molecule has 64 valence electrons. The van der Waals surface area contributed by atoms with E-state index in [-0.39, 0.29) is 5.84 Å². The van der Waals surface area contributed by atoms with Crippen LogP contribution in [0.1, 0.15) is 12.6 Å². The quantitative estimate of drug-likeness (QED) is 0.393. The molecule has 0 spiro atoms. The van der Waals surface area contributed by atoms with Crippen molar-refractivity contribution >= 4 is 5.84 Å². The van der Waals surface area contributed by atoms with Crippen molar-refractivity contribution in [3.63, 3.8) is 0 Å². The van der Waals surface area contributed by atoms with E-state index in [4.69, 9.17) is 10.6 Å². The van der Waals surface area contributed by atoms with Crippen LogP contribution < -0.4 is 5.73 Å². The van der Waals surface area contributed by atoms with Gasteiger partial charge in [0.25, 0.3) is 0 Å². The standard InChI is InChI=1S/C7H10N4O/c1-2-12-11-7(8)6-5-9-3-4-10-6/h3-5H,2H2,1H3,(H2,8,11). The monoisotopic (exact) mass is 166 g/mol. The van der Waals surface area contributed by atoms with Crippen molar-refractivity contribution < 1.29 is 4.84 Å². The first kappa shape index (κ1) is 8.45. The first-order chi connectivity index (χ1) is 5.84. The van der Waals surface area contributed by atoms with Crippen molar-refractivity contribution in [2.45, 2.75) is 6.92 Å². The van der Waals surface area contributed by atoms with E-state index in [1.165, 1.54) is 6.20 Å². The molecule has 0 aliphatic heterocycles. The Bertz CT molecular complexity index is 259. The third-order valence-corrected chi connectivity index (χ3v) is 1.12. The van der Waals surface area contributed by atoms with Crippen LogP contribution in [0.2, 0.25) is 0 Å². The third-order valence-electron chi connectivity index (χ3n) is 1.12. The van der Waals surface area contributed by atoms with Crippen LogP contribution in [0.15, 0.2) is 23.7 Å². The van der Waals surface area contributed by atoms with Crippen molar-refractivity contribution in [1.29, 1.82) is 0 Å². The van der Waals surface area contributed by atoms with Crippen LogP contribution in [-0.2, 0) is 4.84 Å². The van der Waals surface area contributed by atoms with Crippen LogP contribution in [0.5, 0.6) is 0 Å². The molecule has 0 bridgehead atoms. The highest BCUT2D eigenvalue weighted by Crippen LogP contribution is 1.89. The van der Waals surface area contributed by atoms with Gasteiger partial charge in [0.05, 0.1) is 6.20 Å². The number of oxime groups is 1. The predicted octanol–water partition coefficient (Wildman–Crippen LogP) is 0.133. The minimum atomic E-state index is 0.241. The molecule has 0 unspecified atom stereocenters. The van der Waals surface area contributed by atoms with Crippen LogP contribution in [-0.4, -0.2) is 22.4 Å². The third kappa shape index (κ3) is 2.19. The van der Waals surface area contributed by atoms with E-state index < -0.39 is 0 Å². The van der Waals surface area contributed by atoms with Crippen molar-refractivity contribution in [3.8, 4) is 0 Å². The molecule has 0 amide bonds. The van der Waals surface area contributed by atoms with E-state index in [1.54, 1.807) is 12.4 Å². The van der Waals surface area contributed by atoms with Gasteiger partial charge in [-0.1, -0.05) is 5.16 Å². The molecule has 1 heterocycles. The van der Waals surface area contributed by atoms with Crippen molar-refractivity contribution in [3.05, 3.63) is 24.3 Å². The van der Waals surface area contributed by atoms with Gasteiger partial charge < -0.3 is 10.6 Å². The fourth-order valence-corrected chi connectivity index (χ4v) is 0.612. The number of amidine groups is 1. The second-order valence-electron chi connectivity index (χ2n) is 1.98. The molecule has 0 aliphatic rings. The largest absolute Gasteiger partial charge is 0.394 e. The topological polar surface area (TPSA) is 73.4 Å². The fourth-order valence-electron chi connectivity index (χ4n) is 0.612. The molecule has 0 aromatic carbocycles. The Morgan fingerprint density at radius 2 is 2.50 bits per heavy atom. The molecule has 1 rings (SSSR count). The summed E-state index contributed by atoms with van der Waals surface area (Å²) in [5, 5.41) is 3.60.